The third-order valence-electron chi connectivity index (χ3n) is 2.59. The van der Waals surface area contributed by atoms with Crippen LogP contribution in [0.2, 0.25) is 4.34 Å². The first-order valence-electron chi connectivity index (χ1n) is 6.09. The summed E-state index contributed by atoms with van der Waals surface area (Å²) in [7, 11) is -2.23. The predicted octanol–water partition coefficient (Wildman–Crippen LogP) is 2.33. The van der Waals surface area contributed by atoms with E-state index in [1.807, 2.05) is 0 Å². The first kappa shape index (κ1) is 16.8. The summed E-state index contributed by atoms with van der Waals surface area (Å²) in [5, 5.41) is 2.58. The van der Waals surface area contributed by atoms with Gasteiger partial charge in [0.2, 0.25) is 5.91 Å². The van der Waals surface area contributed by atoms with Crippen LogP contribution < -0.4 is 14.8 Å². The van der Waals surface area contributed by atoms with E-state index < -0.39 is 15.9 Å². The molecule has 2 rings (SSSR count). The highest BCUT2D eigenvalue weighted by Gasteiger charge is 2.17. The standard InChI is InChI=1S/C13H13ClN2O4S2/c1-20-10-4-2-3-9(7-10)16-12(17)8-15-22(18,19)13-6-5-11(14)21-13/h2-7,15H,8H2,1H3,(H,16,17). The van der Waals surface area contributed by atoms with Crippen molar-refractivity contribution in [2.75, 3.05) is 19.0 Å². The van der Waals surface area contributed by atoms with Crippen LogP contribution in [0.25, 0.3) is 0 Å². The average Bonchev–Trinajstić information content (AvgIpc) is 2.93. The van der Waals surface area contributed by atoms with Crippen molar-refractivity contribution in [3.8, 4) is 5.75 Å². The maximum absolute atomic E-state index is 11.9. The number of nitrogens with one attached hydrogen (secondary N) is 2. The Morgan fingerprint density at radius 3 is 2.73 bits per heavy atom. The first-order valence-corrected chi connectivity index (χ1v) is 8.77. The van der Waals surface area contributed by atoms with Crippen LogP contribution in [0.3, 0.4) is 0 Å². The molecule has 0 aliphatic carbocycles. The topological polar surface area (TPSA) is 84.5 Å². The zero-order valence-electron chi connectivity index (χ0n) is 11.5. The van der Waals surface area contributed by atoms with Crippen molar-refractivity contribution < 1.29 is 17.9 Å². The highest BCUT2D eigenvalue weighted by Crippen LogP contribution is 2.25. The third kappa shape index (κ3) is 4.44. The van der Waals surface area contributed by atoms with Crippen molar-refractivity contribution in [2.24, 2.45) is 0 Å². The fourth-order valence-corrected chi connectivity index (χ4v) is 4.09. The number of sulfonamides is 1. The van der Waals surface area contributed by atoms with Gasteiger partial charge >= 0.3 is 0 Å². The Morgan fingerprint density at radius 2 is 2.09 bits per heavy atom. The van der Waals surface area contributed by atoms with E-state index in [4.69, 9.17) is 16.3 Å². The summed E-state index contributed by atoms with van der Waals surface area (Å²) in [6.07, 6.45) is 0. The van der Waals surface area contributed by atoms with E-state index in [2.05, 4.69) is 10.0 Å². The second kappa shape index (κ2) is 7.10. The van der Waals surface area contributed by atoms with Crippen LogP contribution in [-0.4, -0.2) is 28.0 Å². The van der Waals surface area contributed by atoms with Gasteiger partial charge in [0.15, 0.2) is 0 Å². The molecule has 0 fully saturated rings. The lowest BCUT2D eigenvalue weighted by Gasteiger charge is -2.08. The van der Waals surface area contributed by atoms with E-state index in [9.17, 15) is 13.2 Å². The molecule has 0 bridgehead atoms. The number of anilines is 1. The Bertz CT molecular complexity index is 774. The summed E-state index contributed by atoms with van der Waals surface area (Å²) in [4.78, 5) is 11.8. The van der Waals surface area contributed by atoms with Crippen LogP contribution in [0, 0.1) is 0 Å². The molecule has 0 aliphatic rings. The van der Waals surface area contributed by atoms with Crippen LogP contribution in [0.4, 0.5) is 5.69 Å². The molecule has 22 heavy (non-hydrogen) atoms. The van der Waals surface area contributed by atoms with Gasteiger partial charge in [-0.25, -0.2) is 13.1 Å². The number of carbonyl (C=O) groups is 1. The van der Waals surface area contributed by atoms with Crippen molar-refractivity contribution in [3.63, 3.8) is 0 Å². The lowest BCUT2D eigenvalue weighted by molar-refractivity contribution is -0.115. The van der Waals surface area contributed by atoms with Gasteiger partial charge in [-0.1, -0.05) is 17.7 Å². The molecule has 0 spiro atoms. The van der Waals surface area contributed by atoms with Gasteiger partial charge in [0.1, 0.15) is 9.96 Å². The highest BCUT2D eigenvalue weighted by atomic mass is 35.5. The smallest absolute Gasteiger partial charge is 0.250 e. The van der Waals surface area contributed by atoms with Crippen LogP contribution in [0.15, 0.2) is 40.6 Å². The fraction of sp³-hybridized carbons (Fsp3) is 0.154. The van der Waals surface area contributed by atoms with Gasteiger partial charge in [0, 0.05) is 11.8 Å². The van der Waals surface area contributed by atoms with Gasteiger partial charge in [0.25, 0.3) is 10.0 Å². The Kier molecular flexibility index (Phi) is 5.41. The quantitative estimate of drug-likeness (QED) is 0.828. The Hall–Kier alpha value is -1.61. The molecule has 6 nitrogen and oxygen atoms in total. The SMILES string of the molecule is COc1cccc(NC(=O)CNS(=O)(=O)c2ccc(Cl)s2)c1. The maximum atomic E-state index is 11.9. The van der Waals surface area contributed by atoms with E-state index in [0.29, 0.717) is 15.8 Å². The Morgan fingerprint density at radius 1 is 1.32 bits per heavy atom. The van der Waals surface area contributed by atoms with Crippen LogP contribution in [0.1, 0.15) is 0 Å². The minimum atomic E-state index is -3.74. The van der Waals surface area contributed by atoms with Crippen molar-refractivity contribution in [2.45, 2.75) is 4.21 Å². The van der Waals surface area contributed by atoms with E-state index in [1.165, 1.54) is 19.2 Å². The Balaban J connectivity index is 1.95. The van der Waals surface area contributed by atoms with Crippen LogP contribution >= 0.6 is 22.9 Å². The summed E-state index contributed by atoms with van der Waals surface area (Å²) in [6, 6.07) is 9.62. The number of ether oxygens (including phenoxy) is 1. The molecular weight excluding hydrogens is 348 g/mol. The molecular formula is C13H13ClN2O4S2. The molecule has 0 radical (unpaired) electrons. The zero-order valence-corrected chi connectivity index (χ0v) is 13.9. The number of carbonyl (C=O) groups excluding carboxylic acids is 1. The second-order valence-electron chi connectivity index (χ2n) is 4.16. The van der Waals surface area contributed by atoms with Crippen molar-refractivity contribution >= 4 is 44.6 Å². The molecule has 2 aromatic rings. The molecule has 0 unspecified atom stereocenters. The molecule has 1 amide bonds. The van der Waals surface area contributed by atoms with Gasteiger partial charge < -0.3 is 10.1 Å². The van der Waals surface area contributed by atoms with Gasteiger partial charge in [-0.05, 0) is 24.3 Å². The van der Waals surface area contributed by atoms with Gasteiger partial charge in [-0.2, -0.15) is 0 Å². The minimum Gasteiger partial charge on any atom is -0.497 e. The normalized spacial score (nSPS) is 11.2. The van der Waals surface area contributed by atoms with Gasteiger partial charge in [-0.3, -0.25) is 4.79 Å². The molecule has 1 aromatic heterocycles. The molecule has 0 aliphatic heterocycles. The number of rotatable bonds is 6. The third-order valence-corrected chi connectivity index (χ3v) is 5.71. The molecule has 2 N–H and O–H groups in total. The monoisotopic (exact) mass is 360 g/mol. The summed E-state index contributed by atoms with van der Waals surface area (Å²) < 4.78 is 31.6. The average molecular weight is 361 g/mol. The summed E-state index contributed by atoms with van der Waals surface area (Å²) in [5.41, 5.74) is 0.516. The zero-order chi connectivity index (χ0) is 16.2. The van der Waals surface area contributed by atoms with E-state index >= 15 is 0 Å². The molecule has 0 saturated carbocycles. The number of methoxy groups -OCH3 is 1. The largest absolute Gasteiger partial charge is 0.497 e. The molecule has 0 saturated heterocycles. The van der Waals surface area contributed by atoms with Crippen molar-refractivity contribution in [3.05, 3.63) is 40.7 Å². The Labute approximate surface area is 137 Å². The van der Waals surface area contributed by atoms with Crippen LogP contribution in [0.5, 0.6) is 5.75 Å². The lowest BCUT2D eigenvalue weighted by Crippen LogP contribution is -2.32. The second-order valence-corrected chi connectivity index (χ2v) is 7.87. The first-order chi connectivity index (χ1) is 10.4. The number of hydrogen-bond acceptors (Lipinski definition) is 5. The number of benzene rings is 1. The molecule has 0 atom stereocenters. The number of halogens is 1. The molecule has 1 aromatic carbocycles. The molecule has 9 heteroatoms. The van der Waals surface area contributed by atoms with Crippen molar-refractivity contribution in [1.82, 2.24) is 4.72 Å². The summed E-state index contributed by atoms with van der Waals surface area (Å²) in [6.45, 7) is -0.380. The highest BCUT2D eigenvalue weighted by molar-refractivity contribution is 7.91. The molecule has 1 heterocycles. The maximum Gasteiger partial charge on any atom is 0.250 e. The van der Waals surface area contributed by atoms with Gasteiger partial charge in [-0.15, -0.1) is 11.3 Å². The van der Waals surface area contributed by atoms with Crippen molar-refractivity contribution in [1.29, 1.82) is 0 Å². The van der Waals surface area contributed by atoms with Gasteiger partial charge in [0.05, 0.1) is 18.0 Å². The van der Waals surface area contributed by atoms with E-state index in [0.717, 1.165) is 11.3 Å². The molecule has 118 valence electrons. The fourth-order valence-electron chi connectivity index (χ4n) is 1.58. The summed E-state index contributed by atoms with van der Waals surface area (Å²) in [5.74, 6) is 0.103. The summed E-state index contributed by atoms with van der Waals surface area (Å²) >= 11 is 6.62. The predicted molar refractivity (Wildman–Crippen MR) is 86.1 cm³/mol. The number of thiophene rings is 1. The van der Waals surface area contributed by atoms with E-state index in [1.54, 1.807) is 24.3 Å². The number of amides is 1. The van der Waals surface area contributed by atoms with E-state index in [-0.39, 0.29) is 10.8 Å². The minimum absolute atomic E-state index is 0.0617. The number of hydrogen-bond donors (Lipinski definition) is 2. The lowest BCUT2D eigenvalue weighted by atomic mass is 10.3. The van der Waals surface area contributed by atoms with Crippen LogP contribution in [-0.2, 0) is 14.8 Å².